The lowest BCUT2D eigenvalue weighted by atomic mass is 10.0. The first-order valence-corrected chi connectivity index (χ1v) is 7.99. The molecule has 0 unspecified atom stereocenters. The smallest absolute Gasteiger partial charge is 0.436 e. The van der Waals surface area contributed by atoms with Gasteiger partial charge in [0, 0.05) is 11.1 Å². The SMILES string of the molecule is Cl.Cl.NC(N)=NC(=O)OCCNC(=O)c1ccc2c(C(=O)N=C(N)N)cccc2c1. The van der Waals surface area contributed by atoms with Gasteiger partial charge in [-0.05, 0) is 29.0 Å². The summed E-state index contributed by atoms with van der Waals surface area (Å²) in [7, 11) is 0. The molecule has 0 saturated heterocycles. The maximum absolute atomic E-state index is 12.2. The molecule has 30 heavy (non-hydrogen) atoms. The summed E-state index contributed by atoms with van der Waals surface area (Å²) in [5, 5.41) is 3.84. The van der Waals surface area contributed by atoms with E-state index in [4.69, 9.17) is 27.7 Å². The van der Waals surface area contributed by atoms with Crippen molar-refractivity contribution in [1.82, 2.24) is 5.32 Å². The number of nitrogens with one attached hydrogen (secondary N) is 1. The predicted octanol–water partition coefficient (Wildman–Crippen LogP) is 0.237. The Bertz CT molecular complexity index is 987. The first-order chi connectivity index (χ1) is 13.3. The molecule has 0 heterocycles. The van der Waals surface area contributed by atoms with Gasteiger partial charge in [0.15, 0.2) is 11.9 Å². The lowest BCUT2D eigenvalue weighted by Gasteiger charge is -2.08. The molecule has 0 aliphatic rings. The van der Waals surface area contributed by atoms with E-state index in [1.54, 1.807) is 36.4 Å². The van der Waals surface area contributed by atoms with Gasteiger partial charge in [0.05, 0.1) is 6.54 Å². The number of carbonyl (C=O) groups excluding carboxylic acids is 3. The van der Waals surface area contributed by atoms with Gasteiger partial charge in [0.2, 0.25) is 0 Å². The lowest BCUT2D eigenvalue weighted by Crippen LogP contribution is -2.28. The molecule has 9 N–H and O–H groups in total. The Morgan fingerprint density at radius 3 is 2.23 bits per heavy atom. The van der Waals surface area contributed by atoms with Crippen LogP contribution >= 0.6 is 24.8 Å². The van der Waals surface area contributed by atoms with Crippen LogP contribution in [-0.2, 0) is 4.74 Å². The Morgan fingerprint density at radius 2 is 1.60 bits per heavy atom. The Labute approximate surface area is 183 Å². The Kier molecular flexibility index (Phi) is 10.7. The zero-order valence-corrected chi connectivity index (χ0v) is 17.2. The number of rotatable bonds is 5. The highest BCUT2D eigenvalue weighted by Gasteiger charge is 2.12. The standard InChI is InChI=1S/C17H19N7O4.2ClH/c18-15(19)23-14(26)12-3-1-2-9-8-10(4-5-11(9)12)13(25)22-6-7-28-17(27)24-16(20)21;;/h1-5,8H,6-7H2,(H,22,25)(H4,18,19,23,26)(H4,20,21,24,27);2*1H. The fraction of sp³-hybridized carbons (Fsp3) is 0.118. The minimum Gasteiger partial charge on any atom is -0.446 e. The van der Waals surface area contributed by atoms with Crippen molar-refractivity contribution < 1.29 is 19.1 Å². The number of ether oxygens (including phenoxy) is 1. The van der Waals surface area contributed by atoms with Gasteiger partial charge in [-0.25, -0.2) is 4.79 Å². The average molecular weight is 458 g/mol. The monoisotopic (exact) mass is 457 g/mol. The minimum atomic E-state index is -0.946. The molecule has 2 aromatic rings. The summed E-state index contributed by atoms with van der Waals surface area (Å²) in [6.45, 7) is -0.0439. The van der Waals surface area contributed by atoms with Crippen LogP contribution in [0.3, 0.4) is 0 Å². The number of halogens is 2. The van der Waals surface area contributed by atoms with Crippen LogP contribution in [0.1, 0.15) is 20.7 Å². The number of nitrogens with two attached hydrogens (primary N) is 4. The molecule has 162 valence electrons. The van der Waals surface area contributed by atoms with Gasteiger partial charge in [0.1, 0.15) is 6.61 Å². The van der Waals surface area contributed by atoms with Gasteiger partial charge in [-0.3, -0.25) is 9.59 Å². The second-order valence-electron chi connectivity index (χ2n) is 5.49. The summed E-state index contributed by atoms with van der Waals surface area (Å²) in [5.74, 6) is -1.72. The molecule has 0 radical (unpaired) electrons. The Balaban J connectivity index is 0.00000420. The number of hydrogen-bond donors (Lipinski definition) is 5. The van der Waals surface area contributed by atoms with Crippen LogP contribution in [-0.4, -0.2) is 43.0 Å². The molecule has 2 rings (SSSR count). The number of benzene rings is 2. The molecule has 0 aliphatic carbocycles. The molecule has 3 amide bonds. The molecule has 0 spiro atoms. The molecule has 0 fully saturated rings. The van der Waals surface area contributed by atoms with Gasteiger partial charge < -0.3 is 33.0 Å². The largest absolute Gasteiger partial charge is 0.446 e. The molecular formula is C17H21Cl2N7O4. The van der Waals surface area contributed by atoms with Gasteiger partial charge in [-0.15, -0.1) is 29.8 Å². The van der Waals surface area contributed by atoms with Gasteiger partial charge in [-0.2, -0.15) is 4.99 Å². The van der Waals surface area contributed by atoms with E-state index >= 15 is 0 Å². The quantitative estimate of drug-likeness (QED) is 0.238. The molecular weight excluding hydrogens is 437 g/mol. The maximum atomic E-state index is 12.2. The number of carbonyl (C=O) groups is 3. The third kappa shape index (κ3) is 7.45. The van der Waals surface area contributed by atoms with Crippen molar-refractivity contribution in [2.45, 2.75) is 0 Å². The molecule has 2 aromatic carbocycles. The third-order valence-corrected chi connectivity index (χ3v) is 3.44. The highest BCUT2D eigenvalue weighted by molar-refractivity contribution is 6.11. The van der Waals surface area contributed by atoms with E-state index in [9.17, 15) is 14.4 Å². The van der Waals surface area contributed by atoms with Crippen LogP contribution < -0.4 is 28.3 Å². The molecule has 0 atom stereocenters. The highest BCUT2D eigenvalue weighted by atomic mass is 35.5. The summed E-state index contributed by atoms with van der Waals surface area (Å²) in [5.41, 5.74) is 21.2. The fourth-order valence-corrected chi connectivity index (χ4v) is 2.33. The first kappa shape index (κ1) is 26.4. The minimum absolute atomic E-state index is 0. The van der Waals surface area contributed by atoms with E-state index in [2.05, 4.69) is 15.3 Å². The number of guanidine groups is 2. The normalized spacial score (nSPS) is 9.33. The van der Waals surface area contributed by atoms with Crippen LogP contribution in [0.4, 0.5) is 4.79 Å². The van der Waals surface area contributed by atoms with E-state index in [0.29, 0.717) is 21.9 Å². The van der Waals surface area contributed by atoms with Crippen molar-refractivity contribution >= 4 is 65.4 Å². The van der Waals surface area contributed by atoms with Crippen LogP contribution in [0.2, 0.25) is 0 Å². The molecule has 0 aliphatic heterocycles. The van der Waals surface area contributed by atoms with Crippen molar-refractivity contribution in [3.8, 4) is 0 Å². The lowest BCUT2D eigenvalue weighted by molar-refractivity contribution is 0.0936. The van der Waals surface area contributed by atoms with Crippen molar-refractivity contribution in [1.29, 1.82) is 0 Å². The number of fused-ring (bicyclic) bond motifs is 1. The zero-order chi connectivity index (χ0) is 20.7. The van der Waals surface area contributed by atoms with E-state index in [1.807, 2.05) is 0 Å². The summed E-state index contributed by atoms with van der Waals surface area (Å²) < 4.78 is 4.71. The topological polar surface area (TPSA) is 201 Å². The third-order valence-electron chi connectivity index (χ3n) is 3.44. The van der Waals surface area contributed by atoms with Crippen LogP contribution in [0.25, 0.3) is 10.8 Å². The summed E-state index contributed by atoms with van der Waals surface area (Å²) >= 11 is 0. The number of aliphatic imine (C=N–C) groups is 2. The van der Waals surface area contributed by atoms with E-state index in [1.165, 1.54) is 0 Å². The average Bonchev–Trinajstić information content (AvgIpc) is 2.62. The molecule has 13 heteroatoms. The summed E-state index contributed by atoms with van der Waals surface area (Å²) in [6.07, 6.45) is -0.946. The van der Waals surface area contributed by atoms with Crippen molar-refractivity contribution in [2.75, 3.05) is 13.2 Å². The number of hydrogen-bond acceptors (Lipinski definition) is 4. The number of nitrogens with zero attached hydrogens (tertiary/aromatic N) is 2. The Morgan fingerprint density at radius 1 is 0.933 bits per heavy atom. The van der Waals surface area contributed by atoms with E-state index in [-0.39, 0.29) is 49.8 Å². The van der Waals surface area contributed by atoms with Crippen molar-refractivity contribution in [2.24, 2.45) is 32.9 Å². The second kappa shape index (κ2) is 12.1. The van der Waals surface area contributed by atoms with Crippen LogP contribution in [0.15, 0.2) is 46.4 Å². The first-order valence-electron chi connectivity index (χ1n) is 7.99. The van der Waals surface area contributed by atoms with Gasteiger partial charge in [0.25, 0.3) is 11.8 Å². The maximum Gasteiger partial charge on any atom is 0.436 e. The van der Waals surface area contributed by atoms with Gasteiger partial charge >= 0.3 is 6.09 Å². The van der Waals surface area contributed by atoms with E-state index < -0.39 is 18.0 Å². The number of amides is 3. The van der Waals surface area contributed by atoms with Gasteiger partial charge in [-0.1, -0.05) is 18.2 Å². The summed E-state index contributed by atoms with van der Waals surface area (Å²) in [4.78, 5) is 42.2. The summed E-state index contributed by atoms with van der Waals surface area (Å²) in [6, 6.07) is 9.77. The molecule has 0 bridgehead atoms. The predicted molar refractivity (Wildman–Crippen MR) is 118 cm³/mol. The second-order valence-corrected chi connectivity index (χ2v) is 5.49. The van der Waals surface area contributed by atoms with Crippen LogP contribution in [0.5, 0.6) is 0 Å². The zero-order valence-electron chi connectivity index (χ0n) is 15.5. The van der Waals surface area contributed by atoms with Crippen molar-refractivity contribution in [3.05, 3.63) is 47.5 Å². The Hall–Kier alpha value is -3.57. The molecule has 0 saturated carbocycles. The molecule has 11 nitrogen and oxygen atoms in total. The highest BCUT2D eigenvalue weighted by Crippen LogP contribution is 2.21. The van der Waals surface area contributed by atoms with Crippen LogP contribution in [0, 0.1) is 0 Å². The van der Waals surface area contributed by atoms with Crippen molar-refractivity contribution in [3.63, 3.8) is 0 Å². The van der Waals surface area contributed by atoms with E-state index in [0.717, 1.165) is 0 Å². The molecule has 0 aromatic heterocycles. The fourth-order valence-electron chi connectivity index (χ4n) is 2.33.